The fourth-order valence-corrected chi connectivity index (χ4v) is 3.59. The molecule has 1 saturated heterocycles. The third-order valence-corrected chi connectivity index (χ3v) is 5.15. The van der Waals surface area contributed by atoms with Crippen LogP contribution in [-0.2, 0) is 11.2 Å². The van der Waals surface area contributed by atoms with Crippen molar-refractivity contribution < 1.29 is 19.0 Å². The minimum Gasteiger partial charge on any atom is -0.493 e. The summed E-state index contributed by atoms with van der Waals surface area (Å²) in [5.41, 5.74) is 0.981. The Hall–Kier alpha value is -1.66. The Morgan fingerprint density at radius 3 is 2.56 bits per heavy atom. The van der Waals surface area contributed by atoms with Gasteiger partial charge >= 0.3 is 0 Å². The highest BCUT2D eigenvalue weighted by Gasteiger charge is 2.22. The van der Waals surface area contributed by atoms with Crippen LogP contribution in [0.1, 0.15) is 31.7 Å². The molecule has 7 heteroatoms. The number of hydrogen-bond acceptors (Lipinski definition) is 5. The zero-order valence-corrected chi connectivity index (χ0v) is 17.6. The molecule has 1 amide bonds. The van der Waals surface area contributed by atoms with E-state index in [4.69, 9.17) is 14.2 Å². The van der Waals surface area contributed by atoms with Crippen LogP contribution in [0.5, 0.6) is 17.2 Å². The van der Waals surface area contributed by atoms with Gasteiger partial charge in [0.2, 0.25) is 11.7 Å². The average molecular weight is 401 g/mol. The van der Waals surface area contributed by atoms with Crippen molar-refractivity contribution in [2.24, 2.45) is 11.8 Å². The maximum atomic E-state index is 12.3. The van der Waals surface area contributed by atoms with Crippen molar-refractivity contribution in [3.63, 3.8) is 0 Å². The Morgan fingerprint density at radius 1 is 1.22 bits per heavy atom. The monoisotopic (exact) mass is 400 g/mol. The number of amides is 1. The van der Waals surface area contributed by atoms with Gasteiger partial charge in [-0.05, 0) is 50.3 Å². The van der Waals surface area contributed by atoms with Crippen LogP contribution in [-0.4, -0.2) is 46.9 Å². The van der Waals surface area contributed by atoms with E-state index in [-0.39, 0.29) is 18.3 Å². The third-order valence-electron chi connectivity index (χ3n) is 5.15. The number of benzene rings is 1. The van der Waals surface area contributed by atoms with Crippen molar-refractivity contribution in [1.82, 2.24) is 10.6 Å². The largest absolute Gasteiger partial charge is 0.493 e. The van der Waals surface area contributed by atoms with E-state index in [1.807, 2.05) is 12.1 Å². The van der Waals surface area contributed by atoms with Crippen LogP contribution < -0.4 is 24.8 Å². The third kappa shape index (κ3) is 6.47. The molecule has 1 aromatic rings. The van der Waals surface area contributed by atoms with Crippen molar-refractivity contribution in [1.29, 1.82) is 0 Å². The summed E-state index contributed by atoms with van der Waals surface area (Å²) in [6.07, 6.45) is 3.67. The number of hydrogen-bond donors (Lipinski definition) is 2. The van der Waals surface area contributed by atoms with Crippen LogP contribution in [0.2, 0.25) is 0 Å². The number of halogens is 1. The molecule has 1 aliphatic rings. The molecule has 0 radical (unpaired) electrons. The number of rotatable bonds is 9. The summed E-state index contributed by atoms with van der Waals surface area (Å²) in [4.78, 5) is 12.3. The molecule has 1 aliphatic heterocycles. The normalized spacial score (nSPS) is 17.4. The minimum atomic E-state index is 0. The number of piperidine rings is 1. The number of methoxy groups -OCH3 is 3. The molecule has 1 fully saturated rings. The Balaban J connectivity index is 0.00000364. The lowest BCUT2D eigenvalue weighted by atomic mass is 9.85. The van der Waals surface area contributed by atoms with Crippen LogP contribution >= 0.6 is 12.4 Å². The molecule has 0 aliphatic carbocycles. The fourth-order valence-electron chi connectivity index (χ4n) is 3.59. The van der Waals surface area contributed by atoms with Gasteiger partial charge in [-0.15, -0.1) is 12.4 Å². The Labute approximate surface area is 168 Å². The molecule has 0 saturated carbocycles. The van der Waals surface area contributed by atoms with Crippen molar-refractivity contribution in [3.05, 3.63) is 17.7 Å². The maximum Gasteiger partial charge on any atom is 0.220 e. The molecule has 2 N–H and O–H groups in total. The number of carbonyl (C=O) groups is 1. The summed E-state index contributed by atoms with van der Waals surface area (Å²) >= 11 is 0. The van der Waals surface area contributed by atoms with Crippen LogP contribution in [0.3, 0.4) is 0 Å². The molecule has 1 aromatic carbocycles. The van der Waals surface area contributed by atoms with Gasteiger partial charge in [-0.25, -0.2) is 0 Å². The number of ether oxygens (including phenoxy) is 3. The van der Waals surface area contributed by atoms with Gasteiger partial charge in [-0.3, -0.25) is 4.79 Å². The predicted molar refractivity (Wildman–Crippen MR) is 109 cm³/mol. The van der Waals surface area contributed by atoms with Gasteiger partial charge in [0, 0.05) is 18.5 Å². The smallest absolute Gasteiger partial charge is 0.220 e. The van der Waals surface area contributed by atoms with Gasteiger partial charge in [0.25, 0.3) is 0 Å². The SMILES string of the molecule is COc1ccc(CCNC(=O)CC(C)C2CCCNC2)c(OC)c1OC.Cl. The standard InChI is InChI=1S/C20H32N2O4.ClH/c1-14(16-6-5-10-21-13-16)12-18(23)22-11-9-15-7-8-17(24-2)20(26-4)19(15)25-3;/h7-8,14,16,21H,5-6,9-13H2,1-4H3,(H,22,23);1H. The van der Waals surface area contributed by atoms with E-state index < -0.39 is 0 Å². The van der Waals surface area contributed by atoms with Gasteiger partial charge in [-0.1, -0.05) is 13.0 Å². The van der Waals surface area contributed by atoms with Gasteiger partial charge in [0.15, 0.2) is 11.5 Å². The van der Waals surface area contributed by atoms with Gasteiger partial charge in [-0.2, -0.15) is 0 Å². The molecule has 1 heterocycles. The van der Waals surface area contributed by atoms with Crippen LogP contribution in [0.25, 0.3) is 0 Å². The first kappa shape index (κ1) is 23.4. The molecule has 27 heavy (non-hydrogen) atoms. The molecule has 154 valence electrons. The topological polar surface area (TPSA) is 68.8 Å². The molecule has 2 unspecified atom stereocenters. The summed E-state index contributed by atoms with van der Waals surface area (Å²) in [6, 6.07) is 3.80. The molecule has 2 rings (SSSR count). The van der Waals surface area contributed by atoms with Crippen LogP contribution in [0.15, 0.2) is 12.1 Å². The van der Waals surface area contributed by atoms with E-state index in [1.165, 1.54) is 12.8 Å². The van der Waals surface area contributed by atoms with E-state index in [0.29, 0.717) is 48.5 Å². The summed E-state index contributed by atoms with van der Waals surface area (Å²) in [5.74, 6) is 2.98. The van der Waals surface area contributed by atoms with E-state index in [0.717, 1.165) is 18.7 Å². The molecule has 6 nitrogen and oxygen atoms in total. The highest BCUT2D eigenvalue weighted by atomic mass is 35.5. The van der Waals surface area contributed by atoms with Crippen molar-refractivity contribution >= 4 is 18.3 Å². The molecular weight excluding hydrogens is 368 g/mol. The van der Waals surface area contributed by atoms with E-state index in [1.54, 1.807) is 21.3 Å². The van der Waals surface area contributed by atoms with E-state index >= 15 is 0 Å². The lowest BCUT2D eigenvalue weighted by Gasteiger charge is -2.28. The lowest BCUT2D eigenvalue weighted by molar-refractivity contribution is -0.122. The number of nitrogens with one attached hydrogen (secondary N) is 2. The molecule has 0 bridgehead atoms. The zero-order valence-electron chi connectivity index (χ0n) is 16.8. The Morgan fingerprint density at radius 2 is 1.96 bits per heavy atom. The highest BCUT2D eigenvalue weighted by molar-refractivity contribution is 5.85. The second kappa shape index (κ2) is 11.9. The molecule has 0 aromatic heterocycles. The average Bonchev–Trinajstić information content (AvgIpc) is 2.67. The fraction of sp³-hybridized carbons (Fsp3) is 0.650. The highest BCUT2D eigenvalue weighted by Crippen LogP contribution is 2.39. The van der Waals surface area contributed by atoms with Gasteiger partial charge in [0.1, 0.15) is 0 Å². The zero-order chi connectivity index (χ0) is 18.9. The first-order valence-corrected chi connectivity index (χ1v) is 9.36. The molecule has 0 spiro atoms. The minimum absolute atomic E-state index is 0. The quantitative estimate of drug-likeness (QED) is 0.667. The first-order valence-electron chi connectivity index (χ1n) is 9.36. The Kier molecular flexibility index (Phi) is 10.3. The second-order valence-corrected chi connectivity index (χ2v) is 6.88. The van der Waals surface area contributed by atoms with E-state index in [2.05, 4.69) is 17.6 Å². The summed E-state index contributed by atoms with van der Waals surface area (Å²) in [6.45, 7) is 4.87. The van der Waals surface area contributed by atoms with E-state index in [9.17, 15) is 4.79 Å². The first-order chi connectivity index (χ1) is 12.6. The van der Waals surface area contributed by atoms with Gasteiger partial charge < -0.3 is 24.8 Å². The van der Waals surface area contributed by atoms with Crippen LogP contribution in [0.4, 0.5) is 0 Å². The maximum absolute atomic E-state index is 12.3. The summed E-state index contributed by atoms with van der Waals surface area (Å²) in [7, 11) is 4.80. The summed E-state index contributed by atoms with van der Waals surface area (Å²) < 4.78 is 16.2. The van der Waals surface area contributed by atoms with Crippen molar-refractivity contribution in [2.45, 2.75) is 32.6 Å². The number of carbonyl (C=O) groups excluding carboxylic acids is 1. The summed E-state index contributed by atoms with van der Waals surface area (Å²) in [5, 5.41) is 6.45. The van der Waals surface area contributed by atoms with Crippen LogP contribution in [0, 0.1) is 11.8 Å². The second-order valence-electron chi connectivity index (χ2n) is 6.88. The van der Waals surface area contributed by atoms with Gasteiger partial charge in [0.05, 0.1) is 21.3 Å². The predicted octanol–water partition coefficient (Wildman–Crippen LogP) is 2.82. The van der Waals surface area contributed by atoms with Crippen molar-refractivity contribution in [2.75, 3.05) is 41.0 Å². The van der Waals surface area contributed by atoms with Crippen molar-refractivity contribution in [3.8, 4) is 17.2 Å². The molecule has 2 atom stereocenters. The Bertz CT molecular complexity index is 592. The lowest BCUT2D eigenvalue weighted by Crippen LogP contribution is -2.36. The molecular formula is C20H33ClN2O4.